The third kappa shape index (κ3) is 2.57. The van der Waals surface area contributed by atoms with E-state index in [4.69, 9.17) is 4.52 Å². The second kappa shape index (κ2) is 3.74. The van der Waals surface area contributed by atoms with Crippen LogP contribution in [-0.2, 0) is 9.09 Å². The Labute approximate surface area is 82.5 Å². The topological polar surface area (TPSA) is 26.3 Å². The summed E-state index contributed by atoms with van der Waals surface area (Å²) < 4.78 is 18.1. The van der Waals surface area contributed by atoms with E-state index in [1.165, 1.54) is 0 Å². The Balaban J connectivity index is 5.10. The Morgan fingerprint density at radius 3 is 1.38 bits per heavy atom. The summed E-state index contributed by atoms with van der Waals surface area (Å²) >= 11 is 0. The van der Waals surface area contributed by atoms with Crippen molar-refractivity contribution in [1.29, 1.82) is 0 Å². The molecule has 3 heteroatoms. The van der Waals surface area contributed by atoms with Crippen LogP contribution in [0.25, 0.3) is 0 Å². The second-order valence-electron chi connectivity index (χ2n) is 5.31. The van der Waals surface area contributed by atoms with E-state index < -0.39 is 7.37 Å². The zero-order chi connectivity index (χ0) is 10.9. The first-order valence-electron chi connectivity index (χ1n) is 4.81. The monoisotopic (exact) mass is 206 g/mol. The van der Waals surface area contributed by atoms with Gasteiger partial charge < -0.3 is 4.52 Å². The summed E-state index contributed by atoms with van der Waals surface area (Å²) in [6.45, 7) is 14.3. The Bertz CT molecular complexity index is 190. The lowest BCUT2D eigenvalue weighted by molar-refractivity contribution is 0.298. The van der Waals surface area contributed by atoms with Gasteiger partial charge in [0.05, 0.1) is 6.61 Å². The van der Waals surface area contributed by atoms with Gasteiger partial charge in [0.25, 0.3) is 0 Å². The van der Waals surface area contributed by atoms with Crippen molar-refractivity contribution in [2.45, 2.75) is 58.8 Å². The zero-order valence-corrected chi connectivity index (χ0v) is 10.9. The highest BCUT2D eigenvalue weighted by molar-refractivity contribution is 7.62. The van der Waals surface area contributed by atoms with E-state index in [-0.39, 0.29) is 10.3 Å². The van der Waals surface area contributed by atoms with E-state index in [0.717, 1.165) is 0 Å². The summed E-state index contributed by atoms with van der Waals surface area (Å²) in [5, 5.41) is -0.553. The fourth-order valence-electron chi connectivity index (χ4n) is 1.58. The molecule has 0 spiro atoms. The van der Waals surface area contributed by atoms with Crippen molar-refractivity contribution in [3.63, 3.8) is 0 Å². The van der Waals surface area contributed by atoms with Gasteiger partial charge in [-0.15, -0.1) is 0 Å². The summed E-state index contributed by atoms with van der Waals surface area (Å²) in [4.78, 5) is 0. The van der Waals surface area contributed by atoms with Crippen molar-refractivity contribution in [1.82, 2.24) is 0 Å². The summed E-state index contributed by atoms with van der Waals surface area (Å²) in [5.74, 6) is 0. The van der Waals surface area contributed by atoms with E-state index in [2.05, 4.69) is 0 Å². The van der Waals surface area contributed by atoms with Crippen LogP contribution in [0.5, 0.6) is 0 Å². The molecule has 0 N–H and O–H groups in total. The summed E-state index contributed by atoms with van der Waals surface area (Å²) in [5.41, 5.74) is 0. The standard InChI is InChI=1S/C10H23O2P/c1-8-12-13(11,9(2,3)4)10(5,6)7/h8H2,1-7H3. The molecule has 0 rings (SSSR count). The largest absolute Gasteiger partial charge is 0.328 e. The molecule has 0 saturated carbocycles. The summed E-state index contributed by atoms with van der Waals surface area (Å²) in [6.07, 6.45) is 0. The first-order chi connectivity index (χ1) is 5.56. The molecule has 0 saturated heterocycles. The van der Waals surface area contributed by atoms with Gasteiger partial charge in [0, 0.05) is 10.3 Å². The SMILES string of the molecule is CCOP(=O)(C(C)(C)C)C(C)(C)C. The van der Waals surface area contributed by atoms with Gasteiger partial charge in [-0.05, 0) is 6.92 Å². The fourth-order valence-corrected chi connectivity index (χ4v) is 4.73. The molecule has 0 fully saturated rings. The highest BCUT2D eigenvalue weighted by Crippen LogP contribution is 2.67. The molecule has 0 aromatic heterocycles. The quantitative estimate of drug-likeness (QED) is 0.640. The van der Waals surface area contributed by atoms with Crippen LogP contribution in [0.1, 0.15) is 48.5 Å². The van der Waals surface area contributed by atoms with Crippen molar-refractivity contribution in [3.05, 3.63) is 0 Å². The van der Waals surface area contributed by atoms with E-state index in [9.17, 15) is 4.57 Å². The Hall–Kier alpha value is 0.190. The van der Waals surface area contributed by atoms with Gasteiger partial charge in [0.1, 0.15) is 0 Å². The number of hydrogen-bond acceptors (Lipinski definition) is 2. The predicted molar refractivity (Wildman–Crippen MR) is 58.7 cm³/mol. The third-order valence-electron chi connectivity index (χ3n) is 2.08. The van der Waals surface area contributed by atoms with Crippen molar-refractivity contribution in [2.24, 2.45) is 0 Å². The molecule has 0 amide bonds. The zero-order valence-electron chi connectivity index (χ0n) is 9.97. The van der Waals surface area contributed by atoms with Gasteiger partial charge >= 0.3 is 0 Å². The lowest BCUT2D eigenvalue weighted by Gasteiger charge is -2.39. The highest BCUT2D eigenvalue weighted by Gasteiger charge is 2.47. The Morgan fingerprint density at radius 1 is 1.00 bits per heavy atom. The molecule has 0 atom stereocenters. The molecule has 80 valence electrons. The molecule has 0 aromatic rings. The van der Waals surface area contributed by atoms with Crippen LogP contribution in [-0.4, -0.2) is 16.9 Å². The van der Waals surface area contributed by atoms with Gasteiger partial charge in [-0.25, -0.2) is 0 Å². The van der Waals surface area contributed by atoms with Crippen LogP contribution in [0.4, 0.5) is 0 Å². The van der Waals surface area contributed by atoms with Crippen molar-refractivity contribution in [2.75, 3.05) is 6.61 Å². The molecule has 0 aliphatic rings. The van der Waals surface area contributed by atoms with Crippen LogP contribution >= 0.6 is 7.37 Å². The van der Waals surface area contributed by atoms with Crippen molar-refractivity contribution < 1.29 is 9.09 Å². The van der Waals surface area contributed by atoms with Crippen LogP contribution in [0.15, 0.2) is 0 Å². The van der Waals surface area contributed by atoms with Crippen molar-refractivity contribution >= 4 is 7.37 Å². The maximum absolute atomic E-state index is 12.6. The normalized spacial score (nSPS) is 14.7. The fraction of sp³-hybridized carbons (Fsp3) is 1.00. The van der Waals surface area contributed by atoms with E-state index in [1.807, 2.05) is 48.5 Å². The van der Waals surface area contributed by atoms with Crippen LogP contribution in [0.2, 0.25) is 0 Å². The van der Waals surface area contributed by atoms with Gasteiger partial charge in [0.2, 0.25) is 7.37 Å². The molecule has 0 unspecified atom stereocenters. The minimum Gasteiger partial charge on any atom is -0.328 e. The first-order valence-corrected chi connectivity index (χ1v) is 6.43. The molecule has 2 nitrogen and oxygen atoms in total. The van der Waals surface area contributed by atoms with E-state index in [1.54, 1.807) is 0 Å². The molecule has 0 bridgehead atoms. The lowest BCUT2D eigenvalue weighted by atomic mass is 10.2. The van der Waals surface area contributed by atoms with Gasteiger partial charge in [0.15, 0.2) is 0 Å². The second-order valence-corrected chi connectivity index (χ2v) is 9.36. The average molecular weight is 206 g/mol. The highest BCUT2D eigenvalue weighted by atomic mass is 31.2. The molecule has 0 heterocycles. The lowest BCUT2D eigenvalue weighted by Crippen LogP contribution is -2.30. The number of rotatable bonds is 2. The molecule has 0 aliphatic heterocycles. The minimum atomic E-state index is -2.59. The summed E-state index contributed by atoms with van der Waals surface area (Å²) in [7, 11) is -2.59. The van der Waals surface area contributed by atoms with E-state index >= 15 is 0 Å². The number of hydrogen-bond donors (Lipinski definition) is 0. The van der Waals surface area contributed by atoms with Gasteiger partial charge in [-0.1, -0.05) is 41.5 Å². The third-order valence-corrected chi connectivity index (χ3v) is 6.23. The Kier molecular flexibility index (Phi) is 3.80. The van der Waals surface area contributed by atoms with Crippen LogP contribution in [0.3, 0.4) is 0 Å². The van der Waals surface area contributed by atoms with E-state index in [0.29, 0.717) is 6.61 Å². The molecule has 0 radical (unpaired) electrons. The van der Waals surface area contributed by atoms with Crippen LogP contribution in [0, 0.1) is 0 Å². The molecule has 13 heavy (non-hydrogen) atoms. The van der Waals surface area contributed by atoms with Crippen molar-refractivity contribution in [3.8, 4) is 0 Å². The van der Waals surface area contributed by atoms with Crippen LogP contribution < -0.4 is 0 Å². The minimum absolute atomic E-state index is 0.277. The molecule has 0 aromatic carbocycles. The molecular formula is C10H23O2P. The van der Waals surface area contributed by atoms with Gasteiger partial charge in [-0.2, -0.15) is 0 Å². The predicted octanol–water partition coefficient (Wildman–Crippen LogP) is 3.90. The average Bonchev–Trinajstić information content (AvgIpc) is 1.82. The van der Waals surface area contributed by atoms with Gasteiger partial charge in [-0.3, -0.25) is 4.57 Å². The summed E-state index contributed by atoms with van der Waals surface area (Å²) in [6, 6.07) is 0. The molecular weight excluding hydrogens is 183 g/mol. The molecule has 0 aliphatic carbocycles. The first kappa shape index (κ1) is 13.2. The maximum Gasteiger partial charge on any atom is 0.213 e. The smallest absolute Gasteiger partial charge is 0.213 e. The Morgan fingerprint density at radius 2 is 1.31 bits per heavy atom. The maximum atomic E-state index is 12.6.